The fourth-order valence-corrected chi connectivity index (χ4v) is 3.29. The predicted octanol–water partition coefficient (Wildman–Crippen LogP) is 2.54. The van der Waals surface area contributed by atoms with Gasteiger partial charge >= 0.3 is 0 Å². The standard InChI is InChI=1S/C20H20N4O2/c21-11-16-9-14(3-4-18(16)24-8-6-17(25)12-24)15-5-7-22-19(10-15)23-20(26)13-1-2-13/h3-5,7,9-10,13,17,25H,1-2,6,8,12H2,(H,22,23,26)/t17-/m1/s1. The van der Waals surface area contributed by atoms with Crippen LogP contribution in [0.4, 0.5) is 11.5 Å². The van der Waals surface area contributed by atoms with Crippen molar-refractivity contribution >= 4 is 17.4 Å². The van der Waals surface area contributed by atoms with Gasteiger partial charge in [0.25, 0.3) is 0 Å². The molecule has 26 heavy (non-hydrogen) atoms. The van der Waals surface area contributed by atoms with Gasteiger partial charge in [0.15, 0.2) is 0 Å². The Balaban J connectivity index is 1.59. The molecule has 2 aliphatic rings. The molecule has 0 spiro atoms. The number of hydrogen-bond acceptors (Lipinski definition) is 5. The van der Waals surface area contributed by atoms with Crippen molar-refractivity contribution in [3.05, 3.63) is 42.1 Å². The summed E-state index contributed by atoms with van der Waals surface area (Å²) in [6.07, 6.45) is 3.95. The number of nitriles is 1. The summed E-state index contributed by atoms with van der Waals surface area (Å²) in [6, 6.07) is 11.7. The SMILES string of the molecule is N#Cc1cc(-c2ccnc(NC(=O)C3CC3)c2)ccc1N1CC[C@@H](O)C1. The van der Waals surface area contributed by atoms with Gasteiger partial charge in [0.05, 0.1) is 17.4 Å². The zero-order chi connectivity index (χ0) is 18.1. The molecular formula is C20H20N4O2. The second-order valence-electron chi connectivity index (χ2n) is 6.93. The summed E-state index contributed by atoms with van der Waals surface area (Å²) < 4.78 is 0. The highest BCUT2D eigenvalue weighted by Crippen LogP contribution is 2.32. The Morgan fingerprint density at radius 3 is 2.73 bits per heavy atom. The van der Waals surface area contributed by atoms with Gasteiger partial charge in [-0.25, -0.2) is 4.98 Å². The van der Waals surface area contributed by atoms with E-state index in [4.69, 9.17) is 0 Å². The lowest BCUT2D eigenvalue weighted by molar-refractivity contribution is -0.117. The number of β-amino-alcohol motifs (C(OH)–C–C–N with tert-alkyl or cyclic N) is 1. The number of aliphatic hydroxyl groups excluding tert-OH is 1. The highest BCUT2D eigenvalue weighted by atomic mass is 16.3. The molecule has 1 atom stereocenters. The Labute approximate surface area is 152 Å². The predicted molar refractivity (Wildman–Crippen MR) is 98.6 cm³/mol. The van der Waals surface area contributed by atoms with Gasteiger partial charge in [-0.3, -0.25) is 4.79 Å². The summed E-state index contributed by atoms with van der Waals surface area (Å²) in [7, 11) is 0. The number of benzene rings is 1. The lowest BCUT2D eigenvalue weighted by Crippen LogP contribution is -2.22. The molecule has 6 nitrogen and oxygen atoms in total. The van der Waals surface area contributed by atoms with Crippen molar-refractivity contribution in [2.24, 2.45) is 5.92 Å². The maximum absolute atomic E-state index is 11.9. The maximum atomic E-state index is 11.9. The average molecular weight is 348 g/mol. The van der Waals surface area contributed by atoms with Crippen LogP contribution in [0.2, 0.25) is 0 Å². The molecule has 1 amide bonds. The third-order valence-electron chi connectivity index (χ3n) is 4.91. The summed E-state index contributed by atoms with van der Waals surface area (Å²) in [5, 5.41) is 22.1. The molecule has 4 rings (SSSR count). The zero-order valence-corrected chi connectivity index (χ0v) is 14.4. The van der Waals surface area contributed by atoms with Crippen LogP contribution in [-0.4, -0.2) is 35.2 Å². The van der Waals surface area contributed by atoms with E-state index < -0.39 is 0 Å². The summed E-state index contributed by atoms with van der Waals surface area (Å²) >= 11 is 0. The Bertz CT molecular complexity index is 886. The summed E-state index contributed by atoms with van der Waals surface area (Å²) in [4.78, 5) is 18.2. The molecule has 1 aromatic heterocycles. The second kappa shape index (κ2) is 6.77. The van der Waals surface area contributed by atoms with E-state index in [2.05, 4.69) is 16.4 Å². The molecule has 2 aromatic rings. The number of pyridine rings is 1. The number of nitrogens with zero attached hydrogens (tertiary/aromatic N) is 3. The van der Waals surface area contributed by atoms with E-state index >= 15 is 0 Å². The van der Waals surface area contributed by atoms with E-state index in [9.17, 15) is 15.2 Å². The number of amides is 1. The number of rotatable bonds is 4. The maximum Gasteiger partial charge on any atom is 0.228 e. The fourth-order valence-electron chi connectivity index (χ4n) is 3.29. The van der Waals surface area contributed by atoms with Crippen molar-refractivity contribution in [3.63, 3.8) is 0 Å². The Kier molecular flexibility index (Phi) is 4.31. The second-order valence-corrected chi connectivity index (χ2v) is 6.93. The number of aromatic nitrogens is 1. The molecule has 2 fully saturated rings. The molecule has 1 aliphatic heterocycles. The largest absolute Gasteiger partial charge is 0.391 e. The van der Waals surface area contributed by atoms with E-state index in [1.807, 2.05) is 35.2 Å². The molecule has 1 saturated carbocycles. The first kappa shape index (κ1) is 16.6. The van der Waals surface area contributed by atoms with Crippen molar-refractivity contribution in [1.29, 1.82) is 5.26 Å². The van der Waals surface area contributed by atoms with Crippen LogP contribution < -0.4 is 10.2 Å². The highest BCUT2D eigenvalue weighted by molar-refractivity contribution is 5.93. The molecule has 2 heterocycles. The number of aliphatic hydroxyl groups is 1. The quantitative estimate of drug-likeness (QED) is 0.886. The molecule has 6 heteroatoms. The third kappa shape index (κ3) is 3.39. The van der Waals surface area contributed by atoms with E-state index in [1.54, 1.807) is 6.20 Å². The zero-order valence-electron chi connectivity index (χ0n) is 14.4. The van der Waals surface area contributed by atoms with Gasteiger partial charge in [0.1, 0.15) is 11.9 Å². The van der Waals surface area contributed by atoms with Crippen LogP contribution in [0.25, 0.3) is 11.1 Å². The number of carbonyl (C=O) groups is 1. The summed E-state index contributed by atoms with van der Waals surface area (Å²) in [5.74, 6) is 0.681. The minimum atomic E-state index is -0.334. The van der Waals surface area contributed by atoms with Crippen LogP contribution in [0.15, 0.2) is 36.5 Å². The first-order chi connectivity index (χ1) is 12.6. The summed E-state index contributed by atoms with van der Waals surface area (Å²) in [5.41, 5.74) is 3.23. The smallest absolute Gasteiger partial charge is 0.228 e. The molecule has 0 unspecified atom stereocenters. The van der Waals surface area contributed by atoms with Crippen molar-refractivity contribution in [2.45, 2.75) is 25.4 Å². The van der Waals surface area contributed by atoms with Gasteiger partial charge in [-0.1, -0.05) is 6.07 Å². The lowest BCUT2D eigenvalue weighted by Gasteiger charge is -2.19. The van der Waals surface area contributed by atoms with Crippen molar-refractivity contribution in [2.75, 3.05) is 23.3 Å². The highest BCUT2D eigenvalue weighted by Gasteiger charge is 2.29. The number of anilines is 2. The van der Waals surface area contributed by atoms with Crippen LogP contribution in [0, 0.1) is 17.2 Å². The number of carbonyl (C=O) groups excluding carboxylic acids is 1. The van der Waals surface area contributed by atoms with Gasteiger partial charge < -0.3 is 15.3 Å². The molecule has 1 aliphatic carbocycles. The normalized spacial score (nSPS) is 19.2. The van der Waals surface area contributed by atoms with Crippen molar-refractivity contribution < 1.29 is 9.90 Å². The van der Waals surface area contributed by atoms with Crippen LogP contribution in [0.3, 0.4) is 0 Å². The van der Waals surface area contributed by atoms with Crippen molar-refractivity contribution in [1.82, 2.24) is 4.98 Å². The van der Waals surface area contributed by atoms with Gasteiger partial charge in [-0.2, -0.15) is 5.26 Å². The van der Waals surface area contributed by atoms with E-state index in [-0.39, 0.29) is 17.9 Å². The third-order valence-corrected chi connectivity index (χ3v) is 4.91. The molecular weight excluding hydrogens is 328 g/mol. The first-order valence-corrected chi connectivity index (χ1v) is 8.88. The topological polar surface area (TPSA) is 89.2 Å². The lowest BCUT2D eigenvalue weighted by atomic mass is 10.0. The van der Waals surface area contributed by atoms with Crippen LogP contribution in [0.1, 0.15) is 24.8 Å². The van der Waals surface area contributed by atoms with Gasteiger partial charge in [0.2, 0.25) is 5.91 Å². The van der Waals surface area contributed by atoms with Crippen molar-refractivity contribution in [3.8, 4) is 17.2 Å². The van der Waals surface area contributed by atoms with E-state index in [0.717, 1.165) is 42.6 Å². The van der Waals surface area contributed by atoms with Gasteiger partial charge in [-0.05, 0) is 54.7 Å². The molecule has 0 bridgehead atoms. The Morgan fingerprint density at radius 2 is 2.04 bits per heavy atom. The fraction of sp³-hybridized carbons (Fsp3) is 0.350. The summed E-state index contributed by atoms with van der Waals surface area (Å²) in [6.45, 7) is 1.31. The Morgan fingerprint density at radius 1 is 1.23 bits per heavy atom. The molecule has 1 aromatic carbocycles. The molecule has 2 N–H and O–H groups in total. The van der Waals surface area contributed by atoms with E-state index in [1.165, 1.54) is 0 Å². The monoisotopic (exact) mass is 348 g/mol. The van der Waals surface area contributed by atoms with Gasteiger partial charge in [0, 0.05) is 25.2 Å². The minimum absolute atomic E-state index is 0.0234. The average Bonchev–Trinajstić information content (AvgIpc) is 3.43. The first-order valence-electron chi connectivity index (χ1n) is 8.88. The Hall–Kier alpha value is -2.91. The van der Waals surface area contributed by atoms with E-state index in [0.29, 0.717) is 17.9 Å². The molecule has 132 valence electrons. The van der Waals surface area contributed by atoms with Crippen LogP contribution in [0.5, 0.6) is 0 Å². The number of nitrogens with one attached hydrogen (secondary N) is 1. The molecule has 0 radical (unpaired) electrons. The number of hydrogen-bond donors (Lipinski definition) is 2. The molecule has 1 saturated heterocycles. The van der Waals surface area contributed by atoms with Crippen LogP contribution in [-0.2, 0) is 4.79 Å². The van der Waals surface area contributed by atoms with Crippen LogP contribution >= 0.6 is 0 Å². The van der Waals surface area contributed by atoms with Gasteiger partial charge in [-0.15, -0.1) is 0 Å². The minimum Gasteiger partial charge on any atom is -0.391 e.